The molecule has 1 aliphatic carbocycles. The van der Waals surface area contributed by atoms with Crippen LogP contribution in [-0.2, 0) is 6.54 Å². The Kier molecular flexibility index (Phi) is 4.24. The van der Waals surface area contributed by atoms with Gasteiger partial charge >= 0.3 is 0 Å². The van der Waals surface area contributed by atoms with Crippen LogP contribution in [0.15, 0.2) is 10.5 Å². The van der Waals surface area contributed by atoms with E-state index in [4.69, 9.17) is 10.3 Å². The number of hydrogen-bond acceptors (Lipinski definition) is 5. The van der Waals surface area contributed by atoms with Crippen LogP contribution in [0.2, 0.25) is 0 Å². The Labute approximate surface area is 112 Å². The molecule has 0 saturated heterocycles. The Morgan fingerprint density at radius 1 is 1.63 bits per heavy atom. The minimum Gasteiger partial charge on any atom is -0.464 e. The van der Waals surface area contributed by atoms with Gasteiger partial charge in [-0.3, -0.25) is 15.1 Å². The SMILES string of the molecule is Cc1oc(CN(C)CC2CC(O)C2)cc1C(=O)NN. The molecular weight excluding hydrogens is 246 g/mol. The molecule has 19 heavy (non-hydrogen) atoms. The zero-order chi connectivity index (χ0) is 14.0. The average molecular weight is 267 g/mol. The Hall–Kier alpha value is -1.37. The van der Waals surface area contributed by atoms with Crippen molar-refractivity contribution in [3.05, 3.63) is 23.2 Å². The fourth-order valence-electron chi connectivity index (χ4n) is 2.55. The number of nitrogens with one attached hydrogen (secondary N) is 1. The van der Waals surface area contributed by atoms with Crippen molar-refractivity contribution >= 4 is 5.91 Å². The van der Waals surface area contributed by atoms with Crippen LogP contribution in [0.5, 0.6) is 0 Å². The molecule has 6 heteroatoms. The highest BCUT2D eigenvalue weighted by Crippen LogP contribution is 2.28. The Morgan fingerprint density at radius 3 is 2.89 bits per heavy atom. The summed E-state index contributed by atoms with van der Waals surface area (Å²) in [5.41, 5.74) is 2.58. The first-order valence-corrected chi connectivity index (χ1v) is 6.46. The van der Waals surface area contributed by atoms with Crippen LogP contribution in [0.1, 0.15) is 34.7 Å². The minimum atomic E-state index is -0.336. The quantitative estimate of drug-likeness (QED) is 0.408. The number of carbonyl (C=O) groups excluding carboxylic acids is 1. The Balaban J connectivity index is 1.90. The predicted molar refractivity (Wildman–Crippen MR) is 70.2 cm³/mol. The number of hydrazine groups is 1. The molecule has 1 saturated carbocycles. The minimum absolute atomic E-state index is 0.121. The van der Waals surface area contributed by atoms with Crippen molar-refractivity contribution in [1.29, 1.82) is 0 Å². The fraction of sp³-hybridized carbons (Fsp3) is 0.615. The molecule has 1 aromatic heterocycles. The zero-order valence-electron chi connectivity index (χ0n) is 11.3. The Bertz CT molecular complexity index is 452. The number of nitrogen functional groups attached to an aromatic ring is 1. The van der Waals surface area contributed by atoms with Crippen molar-refractivity contribution in [3.8, 4) is 0 Å². The summed E-state index contributed by atoms with van der Waals surface area (Å²) in [6.45, 7) is 3.32. The first-order chi connectivity index (χ1) is 8.99. The van der Waals surface area contributed by atoms with Crippen molar-refractivity contribution < 1.29 is 14.3 Å². The number of aliphatic hydroxyl groups is 1. The number of amides is 1. The summed E-state index contributed by atoms with van der Waals surface area (Å²) in [7, 11) is 2.01. The highest BCUT2D eigenvalue weighted by molar-refractivity contribution is 5.94. The van der Waals surface area contributed by atoms with Gasteiger partial charge in [-0.25, -0.2) is 5.84 Å². The Morgan fingerprint density at radius 2 is 2.32 bits per heavy atom. The van der Waals surface area contributed by atoms with Gasteiger partial charge in [-0.05, 0) is 38.8 Å². The molecule has 106 valence electrons. The van der Waals surface area contributed by atoms with E-state index in [2.05, 4.69) is 10.3 Å². The van der Waals surface area contributed by atoms with E-state index in [9.17, 15) is 9.90 Å². The van der Waals surface area contributed by atoms with Gasteiger partial charge in [-0.15, -0.1) is 0 Å². The van der Waals surface area contributed by atoms with E-state index >= 15 is 0 Å². The lowest BCUT2D eigenvalue weighted by atomic mass is 9.82. The lowest BCUT2D eigenvalue weighted by Crippen LogP contribution is -2.36. The highest BCUT2D eigenvalue weighted by Gasteiger charge is 2.28. The van der Waals surface area contributed by atoms with Crippen LogP contribution in [0.3, 0.4) is 0 Å². The van der Waals surface area contributed by atoms with E-state index < -0.39 is 0 Å². The third kappa shape index (κ3) is 3.34. The van der Waals surface area contributed by atoms with E-state index in [-0.39, 0.29) is 12.0 Å². The number of nitrogens with two attached hydrogens (primary N) is 1. The second-order valence-electron chi connectivity index (χ2n) is 5.34. The molecule has 2 rings (SSSR count). The number of hydrogen-bond donors (Lipinski definition) is 3. The number of aryl methyl sites for hydroxylation is 1. The zero-order valence-corrected chi connectivity index (χ0v) is 11.3. The molecule has 0 aliphatic heterocycles. The lowest BCUT2D eigenvalue weighted by Gasteiger charge is -2.34. The molecule has 0 radical (unpaired) electrons. The molecule has 1 aromatic rings. The molecule has 0 unspecified atom stereocenters. The number of aliphatic hydroxyl groups excluding tert-OH is 1. The second-order valence-corrected chi connectivity index (χ2v) is 5.34. The van der Waals surface area contributed by atoms with E-state index in [0.717, 1.165) is 25.1 Å². The van der Waals surface area contributed by atoms with Gasteiger partial charge < -0.3 is 9.52 Å². The molecule has 1 amide bonds. The maximum absolute atomic E-state index is 11.5. The van der Waals surface area contributed by atoms with Crippen LogP contribution in [0.4, 0.5) is 0 Å². The monoisotopic (exact) mass is 267 g/mol. The maximum atomic E-state index is 11.5. The van der Waals surface area contributed by atoms with E-state index in [1.807, 2.05) is 7.05 Å². The molecule has 0 atom stereocenters. The topological polar surface area (TPSA) is 91.7 Å². The second kappa shape index (κ2) is 5.73. The van der Waals surface area contributed by atoms with Crippen LogP contribution < -0.4 is 11.3 Å². The molecule has 0 aromatic carbocycles. The summed E-state index contributed by atoms with van der Waals surface area (Å²) in [6.07, 6.45) is 1.63. The van der Waals surface area contributed by atoms with Crippen molar-refractivity contribution in [2.45, 2.75) is 32.4 Å². The molecule has 0 bridgehead atoms. The summed E-state index contributed by atoms with van der Waals surface area (Å²) in [5.74, 6) is 6.66. The largest absolute Gasteiger partial charge is 0.464 e. The predicted octanol–water partition coefficient (Wildman–Crippen LogP) is 0.394. The highest BCUT2D eigenvalue weighted by atomic mass is 16.3. The maximum Gasteiger partial charge on any atom is 0.268 e. The van der Waals surface area contributed by atoms with Crippen molar-refractivity contribution in [1.82, 2.24) is 10.3 Å². The molecular formula is C13H21N3O3. The lowest BCUT2D eigenvalue weighted by molar-refractivity contribution is 0.0266. The van der Waals surface area contributed by atoms with Gasteiger partial charge in [0, 0.05) is 6.54 Å². The van der Waals surface area contributed by atoms with Crippen molar-refractivity contribution in [2.24, 2.45) is 11.8 Å². The van der Waals surface area contributed by atoms with Crippen LogP contribution >= 0.6 is 0 Å². The van der Waals surface area contributed by atoms with Crippen molar-refractivity contribution in [3.63, 3.8) is 0 Å². The molecule has 1 aliphatic rings. The van der Waals surface area contributed by atoms with Gasteiger partial charge in [-0.2, -0.15) is 0 Å². The van der Waals surface area contributed by atoms with Crippen LogP contribution in [-0.4, -0.2) is 35.6 Å². The standard InChI is InChI=1S/C13H21N3O3/c1-8-12(13(18)15-14)5-11(19-8)7-16(2)6-9-3-10(17)4-9/h5,9-10,17H,3-4,6-7,14H2,1-2H3,(H,15,18). The number of rotatable bonds is 5. The van der Waals surface area contributed by atoms with Gasteiger partial charge in [0.2, 0.25) is 0 Å². The smallest absolute Gasteiger partial charge is 0.268 e. The van der Waals surface area contributed by atoms with E-state index in [0.29, 0.717) is 23.8 Å². The summed E-state index contributed by atoms with van der Waals surface area (Å²) in [6, 6.07) is 1.73. The number of carbonyl (C=O) groups is 1. The van der Waals surface area contributed by atoms with Gasteiger partial charge in [0.25, 0.3) is 5.91 Å². The third-order valence-electron chi connectivity index (χ3n) is 3.55. The van der Waals surface area contributed by atoms with Gasteiger partial charge in [0.1, 0.15) is 11.5 Å². The normalized spacial score (nSPS) is 22.4. The van der Waals surface area contributed by atoms with E-state index in [1.165, 1.54) is 0 Å². The molecule has 1 fully saturated rings. The molecule has 4 N–H and O–H groups in total. The number of nitrogens with zero attached hydrogens (tertiary/aromatic N) is 1. The van der Waals surface area contributed by atoms with Crippen molar-refractivity contribution in [2.75, 3.05) is 13.6 Å². The first kappa shape index (κ1) is 14.0. The first-order valence-electron chi connectivity index (χ1n) is 6.46. The van der Waals surface area contributed by atoms with Crippen LogP contribution in [0.25, 0.3) is 0 Å². The van der Waals surface area contributed by atoms with Gasteiger partial charge in [0.15, 0.2) is 0 Å². The van der Waals surface area contributed by atoms with Gasteiger partial charge in [0.05, 0.1) is 18.2 Å². The van der Waals surface area contributed by atoms with E-state index in [1.54, 1.807) is 13.0 Å². The number of furan rings is 1. The fourth-order valence-corrected chi connectivity index (χ4v) is 2.55. The average Bonchev–Trinajstić information content (AvgIpc) is 2.67. The van der Waals surface area contributed by atoms with Gasteiger partial charge in [-0.1, -0.05) is 0 Å². The third-order valence-corrected chi connectivity index (χ3v) is 3.55. The molecule has 1 heterocycles. The summed E-state index contributed by atoms with van der Waals surface area (Å²) >= 11 is 0. The molecule has 0 spiro atoms. The molecule has 6 nitrogen and oxygen atoms in total. The van der Waals surface area contributed by atoms with Crippen LogP contribution in [0, 0.1) is 12.8 Å². The summed E-state index contributed by atoms with van der Waals surface area (Å²) in [5, 5.41) is 9.26. The summed E-state index contributed by atoms with van der Waals surface area (Å²) in [4.78, 5) is 13.6. The summed E-state index contributed by atoms with van der Waals surface area (Å²) < 4.78 is 5.56.